The van der Waals surface area contributed by atoms with Crippen molar-refractivity contribution >= 4 is 43.6 Å². The van der Waals surface area contributed by atoms with Gasteiger partial charge < -0.3 is 10.4 Å². The van der Waals surface area contributed by atoms with Gasteiger partial charge in [0, 0.05) is 14.9 Å². The van der Waals surface area contributed by atoms with Crippen molar-refractivity contribution < 1.29 is 10.4 Å². The van der Waals surface area contributed by atoms with E-state index < -0.39 is 0 Å². The van der Waals surface area contributed by atoms with Gasteiger partial charge in [0.2, 0.25) is 0 Å². The maximum atomic E-state index is 9.80. The number of nitrogens with one attached hydrogen (secondary N) is 1. The smallest absolute Gasteiger partial charge is 0.0878 e. The summed E-state index contributed by atoms with van der Waals surface area (Å²) in [5.74, 6) is -0.110. The van der Waals surface area contributed by atoms with Crippen LogP contribution in [0.3, 0.4) is 0 Å². The summed E-state index contributed by atoms with van der Waals surface area (Å²) in [6, 6.07) is 15.5. The number of rotatable bonds is 4. The Balaban J connectivity index is 1.91. The first-order valence-corrected chi connectivity index (χ1v) is 10.0. The maximum absolute atomic E-state index is 9.80. The van der Waals surface area contributed by atoms with Crippen LogP contribution < -0.4 is 5.48 Å². The molecule has 26 heavy (non-hydrogen) atoms. The fourth-order valence-electron chi connectivity index (χ4n) is 3.45. The third-order valence-corrected chi connectivity index (χ3v) is 5.79. The molecule has 4 nitrogen and oxygen atoms in total. The Kier molecular flexibility index (Phi) is 6.64. The van der Waals surface area contributed by atoms with Crippen LogP contribution in [0.4, 0.5) is 0 Å². The molecule has 0 amide bonds. The molecule has 6 heteroatoms. The Morgan fingerprint density at radius 3 is 2.23 bits per heavy atom. The molecule has 2 atom stereocenters. The Morgan fingerprint density at radius 1 is 1.04 bits per heavy atom. The number of hydrogen-bond acceptors (Lipinski definition) is 4. The lowest BCUT2D eigenvalue weighted by Crippen LogP contribution is -2.34. The SMILES string of the molecule is ON=C1/C(=C\c2ccc(Br)cc2)CCC[C@@H]1[C@H](NO)c1ccc(Br)cc1. The Morgan fingerprint density at radius 2 is 1.65 bits per heavy atom. The van der Waals surface area contributed by atoms with Crippen molar-refractivity contribution in [3.8, 4) is 0 Å². The number of oxime groups is 1. The van der Waals surface area contributed by atoms with E-state index in [1.165, 1.54) is 0 Å². The number of allylic oxidation sites excluding steroid dienone is 1. The van der Waals surface area contributed by atoms with Crippen LogP contribution in [0.25, 0.3) is 6.08 Å². The standard InChI is InChI=1S/C20H20Br2N2O2/c21-16-8-4-13(5-9-16)12-15-2-1-3-18(20(15)24-26)19(23-25)14-6-10-17(22)11-7-14/h4-12,18-19,23,25-26H,1-3H2/b15-12-,24-20?/t18-,19-/m1/s1. The zero-order valence-corrected chi connectivity index (χ0v) is 17.2. The summed E-state index contributed by atoms with van der Waals surface area (Å²) in [7, 11) is 0. The molecule has 136 valence electrons. The van der Waals surface area contributed by atoms with Crippen LogP contribution >= 0.6 is 31.9 Å². The summed E-state index contributed by atoms with van der Waals surface area (Å²) in [6.07, 6.45) is 4.72. The van der Waals surface area contributed by atoms with Gasteiger partial charge in [0.05, 0.1) is 11.8 Å². The van der Waals surface area contributed by atoms with Gasteiger partial charge in [-0.15, -0.1) is 0 Å². The molecule has 0 aliphatic heterocycles. The lowest BCUT2D eigenvalue weighted by molar-refractivity contribution is 0.106. The van der Waals surface area contributed by atoms with E-state index in [0.29, 0.717) is 5.71 Å². The number of nitrogens with zero attached hydrogens (tertiary/aromatic N) is 1. The Labute approximate surface area is 169 Å². The van der Waals surface area contributed by atoms with Gasteiger partial charge in [0.15, 0.2) is 0 Å². The van der Waals surface area contributed by atoms with Crippen LogP contribution in [0.1, 0.15) is 36.4 Å². The second-order valence-corrected chi connectivity index (χ2v) is 8.19. The number of halogens is 2. The van der Waals surface area contributed by atoms with Crippen molar-refractivity contribution in [1.82, 2.24) is 5.48 Å². The van der Waals surface area contributed by atoms with Gasteiger partial charge in [-0.05, 0) is 66.3 Å². The van der Waals surface area contributed by atoms with E-state index in [0.717, 1.165) is 44.9 Å². The molecule has 0 saturated heterocycles. The van der Waals surface area contributed by atoms with Gasteiger partial charge in [-0.2, -0.15) is 5.48 Å². The summed E-state index contributed by atoms with van der Waals surface area (Å²) in [5.41, 5.74) is 6.07. The van der Waals surface area contributed by atoms with Gasteiger partial charge >= 0.3 is 0 Å². The first-order valence-electron chi connectivity index (χ1n) is 8.46. The van der Waals surface area contributed by atoms with Gasteiger partial charge in [-0.1, -0.05) is 61.3 Å². The van der Waals surface area contributed by atoms with Crippen molar-refractivity contribution in [3.05, 3.63) is 74.2 Å². The van der Waals surface area contributed by atoms with Crippen molar-refractivity contribution in [2.75, 3.05) is 0 Å². The molecular weight excluding hydrogens is 460 g/mol. The van der Waals surface area contributed by atoms with E-state index in [1.807, 2.05) is 48.5 Å². The molecule has 0 spiro atoms. The molecule has 1 aliphatic carbocycles. The Bertz CT molecular complexity index is 802. The number of hydrogen-bond donors (Lipinski definition) is 3. The zero-order chi connectivity index (χ0) is 18.5. The predicted octanol–water partition coefficient (Wildman–Crippen LogP) is 5.95. The van der Waals surface area contributed by atoms with Crippen LogP contribution in [0, 0.1) is 5.92 Å². The lowest BCUT2D eigenvalue weighted by Gasteiger charge is -2.31. The second kappa shape index (κ2) is 8.95. The topological polar surface area (TPSA) is 64.9 Å². The normalized spacial score (nSPS) is 21.9. The van der Waals surface area contributed by atoms with Crippen LogP contribution in [-0.2, 0) is 0 Å². The fraction of sp³-hybridized carbons (Fsp3) is 0.250. The quantitative estimate of drug-likeness (QED) is 0.375. The van der Waals surface area contributed by atoms with Gasteiger partial charge in [-0.25, -0.2) is 0 Å². The van der Waals surface area contributed by atoms with Gasteiger partial charge in [0.25, 0.3) is 0 Å². The van der Waals surface area contributed by atoms with E-state index >= 15 is 0 Å². The van der Waals surface area contributed by atoms with Crippen molar-refractivity contribution in [2.24, 2.45) is 11.1 Å². The van der Waals surface area contributed by atoms with Crippen LogP contribution in [0.2, 0.25) is 0 Å². The van der Waals surface area contributed by atoms with Crippen LogP contribution in [0.15, 0.2) is 68.2 Å². The maximum Gasteiger partial charge on any atom is 0.0878 e. The van der Waals surface area contributed by atoms with E-state index in [1.54, 1.807) is 0 Å². The average molecular weight is 480 g/mol. The summed E-state index contributed by atoms with van der Waals surface area (Å²) in [5, 5.41) is 23.1. The summed E-state index contributed by atoms with van der Waals surface area (Å²) in [4.78, 5) is 0. The fourth-order valence-corrected chi connectivity index (χ4v) is 3.98. The molecule has 1 saturated carbocycles. The predicted molar refractivity (Wildman–Crippen MR) is 110 cm³/mol. The molecule has 0 unspecified atom stereocenters. The third kappa shape index (κ3) is 4.43. The molecule has 1 aliphatic rings. The summed E-state index contributed by atoms with van der Waals surface area (Å²) >= 11 is 6.87. The van der Waals surface area contributed by atoms with Crippen LogP contribution in [-0.4, -0.2) is 16.1 Å². The third-order valence-electron chi connectivity index (χ3n) is 4.73. The van der Waals surface area contributed by atoms with E-state index in [2.05, 4.69) is 48.6 Å². The largest absolute Gasteiger partial charge is 0.411 e. The minimum Gasteiger partial charge on any atom is -0.411 e. The molecule has 0 radical (unpaired) electrons. The minimum absolute atomic E-state index is 0.110. The van der Waals surface area contributed by atoms with Crippen molar-refractivity contribution in [2.45, 2.75) is 25.3 Å². The highest BCUT2D eigenvalue weighted by Gasteiger charge is 2.32. The highest BCUT2D eigenvalue weighted by atomic mass is 79.9. The zero-order valence-electron chi connectivity index (χ0n) is 14.1. The average Bonchev–Trinajstić information content (AvgIpc) is 2.66. The molecule has 0 heterocycles. The van der Waals surface area contributed by atoms with E-state index in [-0.39, 0.29) is 12.0 Å². The first kappa shape index (κ1) is 19.3. The van der Waals surface area contributed by atoms with Gasteiger partial charge in [-0.3, -0.25) is 0 Å². The van der Waals surface area contributed by atoms with Crippen molar-refractivity contribution in [3.63, 3.8) is 0 Å². The van der Waals surface area contributed by atoms with E-state index in [9.17, 15) is 10.4 Å². The highest BCUT2D eigenvalue weighted by molar-refractivity contribution is 9.10. The molecule has 3 N–H and O–H groups in total. The molecule has 3 rings (SSSR count). The number of hydroxylamine groups is 1. The van der Waals surface area contributed by atoms with Crippen LogP contribution in [0.5, 0.6) is 0 Å². The monoisotopic (exact) mass is 478 g/mol. The first-order chi connectivity index (χ1) is 12.6. The Hall–Kier alpha value is -1.47. The highest BCUT2D eigenvalue weighted by Crippen LogP contribution is 2.36. The van der Waals surface area contributed by atoms with Gasteiger partial charge in [0.1, 0.15) is 0 Å². The molecule has 2 aromatic carbocycles. The lowest BCUT2D eigenvalue weighted by atomic mass is 9.77. The summed E-state index contributed by atoms with van der Waals surface area (Å²) in [6.45, 7) is 0. The molecular formula is C20H20Br2N2O2. The van der Waals surface area contributed by atoms with Crippen molar-refractivity contribution in [1.29, 1.82) is 0 Å². The molecule has 2 aromatic rings. The molecule has 0 bridgehead atoms. The van der Waals surface area contributed by atoms with E-state index in [4.69, 9.17) is 0 Å². The molecule has 0 aromatic heterocycles. The summed E-state index contributed by atoms with van der Waals surface area (Å²) < 4.78 is 2.01. The minimum atomic E-state index is -0.331. The molecule has 1 fully saturated rings. The second-order valence-electron chi connectivity index (χ2n) is 6.36. The number of benzene rings is 2.